The molecule has 0 fully saturated rings. The minimum Gasteiger partial charge on any atom is -0.456 e. The SMILES string of the molecule is CC1(C)c2cc3ccccc3cc2-c2c(-c3ccc(-c4cc(-c5cccc6oc7cc8c(cc7c56)oc5ccccc58)nc(-c5ccccc5)n4)cc3)cccc21. The van der Waals surface area contributed by atoms with Crippen molar-refractivity contribution in [2.75, 3.05) is 0 Å². The van der Waals surface area contributed by atoms with Crippen molar-refractivity contribution in [2.24, 2.45) is 0 Å². The number of hydrogen-bond acceptors (Lipinski definition) is 4. The van der Waals surface area contributed by atoms with Crippen LogP contribution in [-0.2, 0) is 5.41 Å². The zero-order chi connectivity index (χ0) is 37.8. The van der Waals surface area contributed by atoms with Gasteiger partial charge >= 0.3 is 0 Å². The van der Waals surface area contributed by atoms with Gasteiger partial charge in [0.1, 0.15) is 22.3 Å². The number of benzene rings is 8. The Kier molecular flexibility index (Phi) is 6.65. The fourth-order valence-corrected chi connectivity index (χ4v) is 9.24. The summed E-state index contributed by atoms with van der Waals surface area (Å²) in [7, 11) is 0. The molecule has 11 aromatic rings. The Hall–Kier alpha value is -7.30. The van der Waals surface area contributed by atoms with E-state index in [4.69, 9.17) is 18.8 Å². The summed E-state index contributed by atoms with van der Waals surface area (Å²) in [6, 6.07) is 60.0. The maximum Gasteiger partial charge on any atom is 0.160 e. The predicted octanol–water partition coefficient (Wildman–Crippen LogP) is 14.4. The van der Waals surface area contributed by atoms with E-state index in [0.717, 1.165) is 72.0 Å². The molecule has 1 aliphatic rings. The Bertz CT molecular complexity index is 3430. The third kappa shape index (κ3) is 4.80. The van der Waals surface area contributed by atoms with Crippen LogP contribution in [0.3, 0.4) is 0 Å². The summed E-state index contributed by atoms with van der Waals surface area (Å²) in [6.45, 7) is 4.70. The van der Waals surface area contributed by atoms with Gasteiger partial charge in [-0.2, -0.15) is 0 Å². The molecule has 0 N–H and O–H groups in total. The second-order valence-corrected chi connectivity index (χ2v) is 15.7. The van der Waals surface area contributed by atoms with Gasteiger partial charge in [0.05, 0.1) is 11.4 Å². The molecule has 8 aromatic carbocycles. The van der Waals surface area contributed by atoms with Crippen molar-refractivity contribution >= 4 is 54.6 Å². The van der Waals surface area contributed by atoms with Gasteiger partial charge in [-0.3, -0.25) is 0 Å². The van der Waals surface area contributed by atoms with Gasteiger partial charge in [-0.05, 0) is 86.6 Å². The molecule has 4 nitrogen and oxygen atoms in total. The number of hydrogen-bond donors (Lipinski definition) is 0. The van der Waals surface area contributed by atoms with Gasteiger partial charge in [0.25, 0.3) is 0 Å². The van der Waals surface area contributed by atoms with Gasteiger partial charge in [-0.1, -0.05) is 141 Å². The van der Waals surface area contributed by atoms with Crippen molar-refractivity contribution in [1.29, 1.82) is 0 Å². The van der Waals surface area contributed by atoms with Crippen LogP contribution in [0.15, 0.2) is 179 Å². The second kappa shape index (κ2) is 11.8. The Morgan fingerprint density at radius 1 is 0.404 bits per heavy atom. The molecule has 0 unspecified atom stereocenters. The van der Waals surface area contributed by atoms with E-state index in [2.05, 4.69) is 135 Å². The van der Waals surface area contributed by atoms with Crippen molar-refractivity contribution < 1.29 is 8.83 Å². The maximum absolute atomic E-state index is 6.53. The highest BCUT2D eigenvalue weighted by molar-refractivity contribution is 6.18. The van der Waals surface area contributed by atoms with Crippen LogP contribution in [0.25, 0.3) is 111 Å². The summed E-state index contributed by atoms with van der Waals surface area (Å²) in [5, 5.41) is 6.66. The summed E-state index contributed by atoms with van der Waals surface area (Å²) in [5.41, 5.74) is 15.7. The van der Waals surface area contributed by atoms with Crippen LogP contribution < -0.4 is 0 Å². The fourth-order valence-electron chi connectivity index (χ4n) is 9.24. The molecular weight excluding hydrogens is 697 g/mol. The molecule has 1 aliphatic carbocycles. The molecule has 0 saturated carbocycles. The zero-order valence-electron chi connectivity index (χ0n) is 31.4. The van der Waals surface area contributed by atoms with Crippen LogP contribution in [0.4, 0.5) is 0 Å². The first-order chi connectivity index (χ1) is 28.0. The summed E-state index contributed by atoms with van der Waals surface area (Å²) < 4.78 is 12.8. The monoisotopic (exact) mass is 730 g/mol. The minimum absolute atomic E-state index is 0.100. The first kappa shape index (κ1) is 32.0. The summed E-state index contributed by atoms with van der Waals surface area (Å²) in [5.74, 6) is 0.670. The Morgan fingerprint density at radius 2 is 1.05 bits per heavy atom. The number of furan rings is 2. The normalized spacial score (nSPS) is 13.2. The molecule has 0 saturated heterocycles. The average Bonchev–Trinajstić information content (AvgIpc) is 3.89. The minimum atomic E-state index is -0.100. The highest BCUT2D eigenvalue weighted by Crippen LogP contribution is 2.53. The van der Waals surface area contributed by atoms with Gasteiger partial charge < -0.3 is 8.83 Å². The van der Waals surface area contributed by atoms with Gasteiger partial charge in [0.2, 0.25) is 0 Å². The van der Waals surface area contributed by atoms with Crippen molar-refractivity contribution in [1.82, 2.24) is 9.97 Å². The predicted molar refractivity (Wildman–Crippen MR) is 233 cm³/mol. The lowest BCUT2D eigenvalue weighted by atomic mass is 9.81. The first-order valence-electron chi connectivity index (χ1n) is 19.5. The molecule has 4 heteroatoms. The van der Waals surface area contributed by atoms with Crippen LogP contribution in [0.1, 0.15) is 25.0 Å². The molecule has 0 amide bonds. The fraction of sp³-hybridized carbons (Fsp3) is 0.0566. The van der Waals surface area contributed by atoms with E-state index in [9.17, 15) is 0 Å². The number of fused-ring (bicyclic) bond motifs is 10. The largest absolute Gasteiger partial charge is 0.456 e. The highest BCUT2D eigenvalue weighted by Gasteiger charge is 2.37. The van der Waals surface area contributed by atoms with Gasteiger partial charge in [0.15, 0.2) is 5.82 Å². The maximum atomic E-state index is 6.53. The topological polar surface area (TPSA) is 52.1 Å². The van der Waals surface area contributed by atoms with Crippen LogP contribution in [0.5, 0.6) is 0 Å². The second-order valence-electron chi connectivity index (χ2n) is 15.7. The molecule has 3 aromatic heterocycles. The van der Waals surface area contributed by atoms with E-state index < -0.39 is 0 Å². The molecule has 3 heterocycles. The quantitative estimate of drug-likeness (QED) is 0.181. The molecule has 0 atom stereocenters. The summed E-state index contributed by atoms with van der Waals surface area (Å²) >= 11 is 0. The lowest BCUT2D eigenvalue weighted by Gasteiger charge is -2.22. The van der Waals surface area contributed by atoms with E-state index in [-0.39, 0.29) is 5.41 Å². The Labute approximate surface area is 328 Å². The van der Waals surface area contributed by atoms with Crippen LogP contribution in [0, 0.1) is 0 Å². The van der Waals surface area contributed by atoms with Crippen molar-refractivity contribution in [2.45, 2.75) is 19.3 Å². The summed E-state index contributed by atoms with van der Waals surface area (Å²) in [4.78, 5) is 10.4. The van der Waals surface area contributed by atoms with Crippen molar-refractivity contribution in [3.8, 4) is 56.2 Å². The smallest absolute Gasteiger partial charge is 0.160 e. The molecule has 0 bridgehead atoms. The molecule has 268 valence electrons. The van der Waals surface area contributed by atoms with Crippen molar-refractivity contribution in [3.05, 3.63) is 181 Å². The van der Waals surface area contributed by atoms with Gasteiger partial charge in [0, 0.05) is 43.7 Å². The number of aromatic nitrogens is 2. The Morgan fingerprint density at radius 3 is 1.91 bits per heavy atom. The van der Waals surface area contributed by atoms with Crippen molar-refractivity contribution in [3.63, 3.8) is 0 Å². The standard InChI is InChI=1S/C53H34N2O2/c1-53(2)42-19-10-17-36(50(42)40-26-34-14-6-7-15-35(34)27-43(40)53)31-22-24-32(25-23-31)44-30-45(55-52(54-44)33-12-4-3-5-13-33)38-18-11-21-47-51(38)41-29-48-39(28-49(41)57-47)37-16-8-9-20-46(37)56-48/h3-30H,1-2H3. The Balaban J connectivity index is 1.01. The number of nitrogens with zero attached hydrogens (tertiary/aromatic N) is 2. The molecular formula is C53H34N2O2. The molecule has 57 heavy (non-hydrogen) atoms. The van der Waals surface area contributed by atoms with E-state index in [1.165, 1.54) is 44.2 Å². The van der Waals surface area contributed by atoms with Crippen LogP contribution >= 0.6 is 0 Å². The first-order valence-corrected chi connectivity index (χ1v) is 19.5. The third-order valence-corrected chi connectivity index (χ3v) is 12.1. The summed E-state index contributed by atoms with van der Waals surface area (Å²) in [6.07, 6.45) is 0. The number of para-hydroxylation sites is 1. The van der Waals surface area contributed by atoms with E-state index in [0.29, 0.717) is 5.82 Å². The van der Waals surface area contributed by atoms with Crippen LogP contribution in [0.2, 0.25) is 0 Å². The molecule has 12 rings (SSSR count). The lowest BCUT2D eigenvalue weighted by molar-refractivity contribution is 0.661. The highest BCUT2D eigenvalue weighted by atomic mass is 16.3. The van der Waals surface area contributed by atoms with Gasteiger partial charge in [-0.15, -0.1) is 0 Å². The van der Waals surface area contributed by atoms with E-state index >= 15 is 0 Å². The van der Waals surface area contributed by atoms with Crippen LogP contribution in [-0.4, -0.2) is 9.97 Å². The lowest BCUT2D eigenvalue weighted by Crippen LogP contribution is -2.14. The van der Waals surface area contributed by atoms with Gasteiger partial charge in [-0.25, -0.2) is 9.97 Å². The number of rotatable bonds is 4. The zero-order valence-corrected chi connectivity index (χ0v) is 31.4. The third-order valence-electron chi connectivity index (χ3n) is 12.1. The van der Waals surface area contributed by atoms with E-state index in [1.54, 1.807) is 0 Å². The average molecular weight is 731 g/mol. The molecule has 0 radical (unpaired) electrons. The molecule has 0 aliphatic heterocycles. The molecule has 0 spiro atoms. The van der Waals surface area contributed by atoms with E-state index in [1.807, 2.05) is 48.5 Å².